The number of hydrogen-bond acceptors (Lipinski definition) is 5. The lowest BCUT2D eigenvalue weighted by atomic mass is 10.1. The zero-order valence-electron chi connectivity index (χ0n) is 10.4. The van der Waals surface area contributed by atoms with Crippen LogP contribution in [0, 0.1) is 13.8 Å². The van der Waals surface area contributed by atoms with Crippen LogP contribution in [0.3, 0.4) is 0 Å². The summed E-state index contributed by atoms with van der Waals surface area (Å²) in [6, 6.07) is 0. The molecule has 0 fully saturated rings. The van der Waals surface area contributed by atoms with Gasteiger partial charge in [0.25, 0.3) is 0 Å². The van der Waals surface area contributed by atoms with E-state index in [0.717, 1.165) is 9.88 Å². The smallest absolute Gasteiger partial charge is 0.190 e. The lowest BCUT2D eigenvalue weighted by Gasteiger charge is -1.96. The third-order valence-electron chi connectivity index (χ3n) is 2.52. The molecule has 2 heterocycles. The minimum atomic E-state index is -0.231. The fourth-order valence-electron chi connectivity index (χ4n) is 1.68. The van der Waals surface area contributed by atoms with Gasteiger partial charge in [-0.05, 0) is 13.8 Å². The van der Waals surface area contributed by atoms with Gasteiger partial charge >= 0.3 is 0 Å². The Labute approximate surface area is 108 Å². The maximum atomic E-state index is 12.0. The summed E-state index contributed by atoms with van der Waals surface area (Å²) in [4.78, 5) is 28.8. The Bertz CT molecular complexity index is 613. The summed E-state index contributed by atoms with van der Waals surface area (Å²) in [6.07, 6.45) is 2.92. The summed E-state index contributed by atoms with van der Waals surface area (Å²) in [7, 11) is 1.73. The van der Waals surface area contributed by atoms with Crippen LogP contribution in [0.15, 0.2) is 12.4 Å². The van der Waals surface area contributed by atoms with Crippen molar-refractivity contribution in [3.05, 3.63) is 33.5 Å². The van der Waals surface area contributed by atoms with Crippen LogP contribution in [0.5, 0.6) is 0 Å². The number of aryl methyl sites for hydroxylation is 3. The predicted molar refractivity (Wildman–Crippen MR) is 68.1 cm³/mol. The number of nitrogens with zero attached hydrogens (tertiary/aromatic N) is 3. The van der Waals surface area contributed by atoms with E-state index >= 15 is 0 Å². The molecule has 94 valence electrons. The standard InChI is InChI=1S/C12H13N3O2S/c1-7-12(14-8(2)18-7)11(17)4-10(16)9-5-13-15(3)6-9/h5-6H,4H2,1-3H3. The molecule has 2 aromatic rings. The van der Waals surface area contributed by atoms with E-state index in [1.54, 1.807) is 13.2 Å². The van der Waals surface area contributed by atoms with Gasteiger partial charge < -0.3 is 0 Å². The van der Waals surface area contributed by atoms with Crippen molar-refractivity contribution in [2.45, 2.75) is 20.3 Å². The summed E-state index contributed by atoms with van der Waals surface area (Å²) in [6.45, 7) is 3.68. The van der Waals surface area contributed by atoms with E-state index in [9.17, 15) is 9.59 Å². The van der Waals surface area contributed by atoms with Crippen molar-refractivity contribution in [2.75, 3.05) is 0 Å². The summed E-state index contributed by atoms with van der Waals surface area (Å²) in [5, 5.41) is 4.75. The van der Waals surface area contributed by atoms with E-state index in [4.69, 9.17) is 0 Å². The average molecular weight is 263 g/mol. The van der Waals surface area contributed by atoms with Crippen LogP contribution in [-0.2, 0) is 7.05 Å². The summed E-state index contributed by atoms with van der Waals surface area (Å²) < 4.78 is 1.54. The number of rotatable bonds is 4. The van der Waals surface area contributed by atoms with E-state index in [-0.39, 0.29) is 18.0 Å². The van der Waals surface area contributed by atoms with Crippen LogP contribution in [-0.4, -0.2) is 26.3 Å². The number of thiazole rings is 1. The molecule has 2 aromatic heterocycles. The lowest BCUT2D eigenvalue weighted by molar-refractivity contribution is 0.0891. The highest BCUT2D eigenvalue weighted by Gasteiger charge is 2.19. The van der Waals surface area contributed by atoms with Gasteiger partial charge in [-0.3, -0.25) is 14.3 Å². The monoisotopic (exact) mass is 263 g/mol. The Kier molecular flexibility index (Phi) is 3.38. The molecule has 2 rings (SSSR count). The molecule has 0 saturated heterocycles. The second-order valence-electron chi connectivity index (χ2n) is 4.06. The van der Waals surface area contributed by atoms with Crippen LogP contribution in [0.25, 0.3) is 0 Å². The zero-order chi connectivity index (χ0) is 13.3. The molecule has 0 aliphatic heterocycles. The number of ketones is 2. The van der Waals surface area contributed by atoms with Gasteiger partial charge in [-0.2, -0.15) is 5.10 Å². The molecule has 0 atom stereocenters. The van der Waals surface area contributed by atoms with Gasteiger partial charge in [0.15, 0.2) is 11.6 Å². The van der Waals surface area contributed by atoms with Crippen LogP contribution in [0.2, 0.25) is 0 Å². The first-order valence-electron chi connectivity index (χ1n) is 5.46. The molecule has 0 unspecified atom stereocenters. The fourth-order valence-corrected chi connectivity index (χ4v) is 2.52. The Balaban J connectivity index is 2.13. The van der Waals surface area contributed by atoms with Crippen LogP contribution in [0.4, 0.5) is 0 Å². The van der Waals surface area contributed by atoms with E-state index < -0.39 is 0 Å². The van der Waals surface area contributed by atoms with Crippen molar-refractivity contribution in [3.8, 4) is 0 Å². The Morgan fingerprint density at radius 2 is 2.06 bits per heavy atom. The van der Waals surface area contributed by atoms with Gasteiger partial charge in [-0.1, -0.05) is 0 Å². The zero-order valence-corrected chi connectivity index (χ0v) is 11.2. The quantitative estimate of drug-likeness (QED) is 0.624. The number of Topliss-reactive ketones (excluding diaryl/α,β-unsaturated/α-hetero) is 2. The van der Waals surface area contributed by atoms with Crippen molar-refractivity contribution in [1.82, 2.24) is 14.8 Å². The third kappa shape index (κ3) is 2.53. The predicted octanol–water partition coefficient (Wildman–Crippen LogP) is 1.95. The van der Waals surface area contributed by atoms with Crippen LogP contribution < -0.4 is 0 Å². The van der Waals surface area contributed by atoms with Crippen molar-refractivity contribution in [2.24, 2.45) is 7.05 Å². The third-order valence-corrected chi connectivity index (χ3v) is 3.40. The Morgan fingerprint density at radius 3 is 2.56 bits per heavy atom. The number of aromatic nitrogens is 3. The molecule has 0 saturated carbocycles. The molecule has 0 N–H and O–H groups in total. The minimum Gasteiger partial charge on any atom is -0.294 e. The molecule has 5 nitrogen and oxygen atoms in total. The van der Waals surface area contributed by atoms with Gasteiger partial charge in [0.1, 0.15) is 5.69 Å². The normalized spacial score (nSPS) is 10.6. The minimum absolute atomic E-state index is 0.157. The Morgan fingerprint density at radius 1 is 1.33 bits per heavy atom. The van der Waals surface area contributed by atoms with Gasteiger partial charge in [0.05, 0.1) is 23.2 Å². The molecular formula is C12H13N3O2S. The van der Waals surface area contributed by atoms with E-state index in [1.165, 1.54) is 22.2 Å². The first-order valence-corrected chi connectivity index (χ1v) is 6.28. The number of carbonyl (C=O) groups is 2. The average Bonchev–Trinajstić information content (AvgIpc) is 2.84. The molecular weight excluding hydrogens is 250 g/mol. The fraction of sp³-hybridized carbons (Fsp3) is 0.333. The second kappa shape index (κ2) is 4.81. The van der Waals surface area contributed by atoms with E-state index in [2.05, 4.69) is 10.1 Å². The molecule has 0 aliphatic carbocycles. The molecule has 0 spiro atoms. The summed E-state index contributed by atoms with van der Waals surface area (Å²) in [5.74, 6) is -0.455. The Hall–Kier alpha value is -1.82. The van der Waals surface area contributed by atoms with Gasteiger partial charge in [-0.15, -0.1) is 11.3 Å². The topological polar surface area (TPSA) is 64.8 Å². The van der Waals surface area contributed by atoms with E-state index in [1.807, 2.05) is 13.8 Å². The van der Waals surface area contributed by atoms with Gasteiger partial charge in [0.2, 0.25) is 0 Å². The lowest BCUT2D eigenvalue weighted by Crippen LogP contribution is -2.09. The van der Waals surface area contributed by atoms with Crippen molar-refractivity contribution in [1.29, 1.82) is 0 Å². The molecule has 0 radical (unpaired) electrons. The molecule has 0 bridgehead atoms. The van der Waals surface area contributed by atoms with Crippen LogP contribution in [0.1, 0.15) is 37.2 Å². The molecule has 0 aliphatic rings. The molecule has 0 amide bonds. The maximum absolute atomic E-state index is 12.0. The SMILES string of the molecule is Cc1nc(C(=O)CC(=O)c2cnn(C)c2)c(C)s1. The molecule has 18 heavy (non-hydrogen) atoms. The first kappa shape index (κ1) is 12.6. The second-order valence-corrected chi connectivity index (χ2v) is 5.47. The van der Waals surface area contributed by atoms with Gasteiger partial charge in [0, 0.05) is 18.1 Å². The number of hydrogen-bond donors (Lipinski definition) is 0. The summed E-state index contributed by atoms with van der Waals surface area (Å²) >= 11 is 1.46. The summed E-state index contributed by atoms with van der Waals surface area (Å²) in [5.41, 5.74) is 0.866. The van der Waals surface area contributed by atoms with Crippen molar-refractivity contribution < 1.29 is 9.59 Å². The van der Waals surface area contributed by atoms with Gasteiger partial charge in [-0.25, -0.2) is 4.98 Å². The van der Waals surface area contributed by atoms with Crippen LogP contribution >= 0.6 is 11.3 Å². The molecule has 6 heteroatoms. The van der Waals surface area contributed by atoms with Crippen molar-refractivity contribution >= 4 is 22.9 Å². The highest BCUT2D eigenvalue weighted by Crippen LogP contribution is 2.18. The molecule has 0 aromatic carbocycles. The van der Waals surface area contributed by atoms with Crippen molar-refractivity contribution in [3.63, 3.8) is 0 Å². The van der Waals surface area contributed by atoms with E-state index in [0.29, 0.717) is 11.3 Å². The maximum Gasteiger partial charge on any atom is 0.190 e. The highest BCUT2D eigenvalue weighted by atomic mass is 32.1. The number of carbonyl (C=O) groups excluding carboxylic acids is 2. The largest absolute Gasteiger partial charge is 0.294 e. The first-order chi connectivity index (χ1) is 8.47. The highest BCUT2D eigenvalue weighted by molar-refractivity contribution is 7.11.